The molecule has 0 amide bonds. The number of carbonyl (C=O) groups is 1. The number of nitriles is 1. The number of carboxylic acids is 1. The van der Waals surface area contributed by atoms with Gasteiger partial charge in [0.05, 0.1) is 24.3 Å². The molecule has 21 heavy (non-hydrogen) atoms. The van der Waals surface area contributed by atoms with Crippen LogP contribution in [0.25, 0.3) is 0 Å². The van der Waals surface area contributed by atoms with Gasteiger partial charge in [-0.1, -0.05) is 0 Å². The Bertz CT molecular complexity index is 735. The van der Waals surface area contributed by atoms with Gasteiger partial charge < -0.3 is 14.6 Å². The standard InChI is InChI=1S/C15H12N2O4/c1-9-5-10(8-16)6-14(17-9)21-13-7-11(15(18)19)3-4-12(13)20-2/h3-7H,1-2H3,(H,18,19). The zero-order chi connectivity index (χ0) is 15.4. The van der Waals surface area contributed by atoms with Crippen LogP contribution in [0.4, 0.5) is 0 Å². The Morgan fingerprint density at radius 3 is 2.67 bits per heavy atom. The van der Waals surface area contributed by atoms with Gasteiger partial charge in [-0.15, -0.1) is 0 Å². The number of carboxylic acid groups (broad SMARTS) is 1. The van der Waals surface area contributed by atoms with Crippen molar-refractivity contribution in [2.45, 2.75) is 6.92 Å². The van der Waals surface area contributed by atoms with Crippen molar-refractivity contribution < 1.29 is 19.4 Å². The molecule has 1 heterocycles. The van der Waals surface area contributed by atoms with Crippen molar-refractivity contribution in [2.24, 2.45) is 0 Å². The van der Waals surface area contributed by atoms with Gasteiger partial charge in [0.1, 0.15) is 0 Å². The third-order valence-electron chi connectivity index (χ3n) is 2.68. The molecule has 1 aromatic heterocycles. The van der Waals surface area contributed by atoms with E-state index in [-0.39, 0.29) is 17.2 Å². The number of hydrogen-bond acceptors (Lipinski definition) is 5. The van der Waals surface area contributed by atoms with Crippen LogP contribution in [-0.4, -0.2) is 23.2 Å². The average Bonchev–Trinajstić information content (AvgIpc) is 2.46. The third kappa shape index (κ3) is 3.28. The van der Waals surface area contributed by atoms with Crippen LogP contribution < -0.4 is 9.47 Å². The Morgan fingerprint density at radius 1 is 1.29 bits per heavy atom. The van der Waals surface area contributed by atoms with Crippen molar-refractivity contribution in [1.82, 2.24) is 4.98 Å². The van der Waals surface area contributed by atoms with Crippen molar-refractivity contribution in [2.75, 3.05) is 7.11 Å². The van der Waals surface area contributed by atoms with E-state index in [0.717, 1.165) is 0 Å². The summed E-state index contributed by atoms with van der Waals surface area (Å²) in [6.07, 6.45) is 0. The zero-order valence-corrected chi connectivity index (χ0v) is 11.5. The molecule has 1 N–H and O–H groups in total. The van der Waals surface area contributed by atoms with E-state index >= 15 is 0 Å². The number of aromatic nitrogens is 1. The van der Waals surface area contributed by atoms with Gasteiger partial charge in [0.25, 0.3) is 0 Å². The Kier molecular flexibility index (Phi) is 4.05. The van der Waals surface area contributed by atoms with Crippen LogP contribution in [0.15, 0.2) is 30.3 Å². The maximum atomic E-state index is 11.0. The number of benzene rings is 1. The van der Waals surface area contributed by atoms with Crippen molar-refractivity contribution in [3.05, 3.63) is 47.2 Å². The van der Waals surface area contributed by atoms with E-state index in [1.807, 2.05) is 6.07 Å². The minimum atomic E-state index is -1.07. The summed E-state index contributed by atoms with van der Waals surface area (Å²) in [4.78, 5) is 15.2. The van der Waals surface area contributed by atoms with E-state index in [1.165, 1.54) is 31.4 Å². The summed E-state index contributed by atoms with van der Waals surface area (Å²) in [6.45, 7) is 1.73. The van der Waals surface area contributed by atoms with E-state index in [1.54, 1.807) is 13.0 Å². The van der Waals surface area contributed by atoms with Crippen LogP contribution in [0.1, 0.15) is 21.6 Å². The largest absolute Gasteiger partial charge is 0.493 e. The molecule has 0 fully saturated rings. The highest BCUT2D eigenvalue weighted by Crippen LogP contribution is 2.32. The summed E-state index contributed by atoms with van der Waals surface area (Å²) < 4.78 is 10.7. The normalized spacial score (nSPS) is 9.76. The molecule has 0 aliphatic rings. The first-order valence-corrected chi connectivity index (χ1v) is 6.01. The van der Waals surface area contributed by atoms with Gasteiger partial charge in [-0.3, -0.25) is 0 Å². The number of aryl methyl sites for hydroxylation is 1. The van der Waals surface area contributed by atoms with E-state index in [2.05, 4.69) is 4.98 Å². The molecular formula is C15H12N2O4. The Labute approximate surface area is 121 Å². The molecule has 0 aliphatic heterocycles. The summed E-state index contributed by atoms with van der Waals surface area (Å²) in [7, 11) is 1.45. The molecule has 2 rings (SSSR count). The van der Waals surface area contributed by atoms with Gasteiger partial charge in [-0.05, 0) is 31.2 Å². The highest BCUT2D eigenvalue weighted by molar-refractivity contribution is 5.88. The molecule has 0 radical (unpaired) electrons. The fourth-order valence-corrected chi connectivity index (χ4v) is 1.76. The molecule has 0 bridgehead atoms. The van der Waals surface area contributed by atoms with Crippen molar-refractivity contribution in [3.8, 4) is 23.4 Å². The first-order valence-electron chi connectivity index (χ1n) is 6.01. The van der Waals surface area contributed by atoms with Gasteiger partial charge in [-0.25, -0.2) is 9.78 Å². The minimum absolute atomic E-state index is 0.0685. The van der Waals surface area contributed by atoms with Crippen molar-refractivity contribution in [1.29, 1.82) is 5.26 Å². The quantitative estimate of drug-likeness (QED) is 0.928. The number of hydrogen-bond donors (Lipinski definition) is 1. The van der Waals surface area contributed by atoms with E-state index in [4.69, 9.17) is 19.8 Å². The Morgan fingerprint density at radius 2 is 2.05 bits per heavy atom. The molecule has 0 spiro atoms. The first-order chi connectivity index (χ1) is 10.0. The van der Waals surface area contributed by atoms with Gasteiger partial charge in [0, 0.05) is 11.8 Å². The molecule has 1 aromatic carbocycles. The smallest absolute Gasteiger partial charge is 0.335 e. The summed E-state index contributed by atoms with van der Waals surface area (Å²) in [5, 5.41) is 17.9. The summed E-state index contributed by atoms with van der Waals surface area (Å²) in [5.74, 6) is -0.272. The van der Waals surface area contributed by atoms with Crippen LogP contribution in [0.5, 0.6) is 17.4 Å². The number of methoxy groups -OCH3 is 1. The molecule has 2 aromatic rings. The van der Waals surface area contributed by atoms with Gasteiger partial charge >= 0.3 is 5.97 Å². The summed E-state index contributed by atoms with van der Waals surface area (Å²) in [6, 6.07) is 9.36. The van der Waals surface area contributed by atoms with Crippen LogP contribution in [0, 0.1) is 18.3 Å². The van der Waals surface area contributed by atoms with Crippen LogP contribution >= 0.6 is 0 Å². The fraction of sp³-hybridized carbons (Fsp3) is 0.133. The topological polar surface area (TPSA) is 92.4 Å². The highest BCUT2D eigenvalue weighted by Gasteiger charge is 2.12. The minimum Gasteiger partial charge on any atom is -0.493 e. The van der Waals surface area contributed by atoms with E-state index in [0.29, 0.717) is 17.0 Å². The third-order valence-corrected chi connectivity index (χ3v) is 2.68. The molecule has 0 saturated heterocycles. The molecule has 0 atom stereocenters. The van der Waals surface area contributed by atoms with E-state index < -0.39 is 5.97 Å². The molecule has 6 heteroatoms. The average molecular weight is 284 g/mol. The molecule has 106 valence electrons. The summed E-state index contributed by atoms with van der Waals surface area (Å²) >= 11 is 0. The van der Waals surface area contributed by atoms with Gasteiger partial charge in [0.2, 0.25) is 5.88 Å². The molecule has 0 aliphatic carbocycles. The predicted molar refractivity (Wildman–Crippen MR) is 73.7 cm³/mol. The number of ether oxygens (including phenoxy) is 2. The SMILES string of the molecule is COc1ccc(C(=O)O)cc1Oc1cc(C#N)cc(C)n1. The lowest BCUT2D eigenvalue weighted by molar-refractivity contribution is 0.0696. The maximum absolute atomic E-state index is 11.0. The fourth-order valence-electron chi connectivity index (χ4n) is 1.76. The molecule has 0 unspecified atom stereocenters. The van der Waals surface area contributed by atoms with Gasteiger partial charge in [0.15, 0.2) is 11.5 Å². The lowest BCUT2D eigenvalue weighted by Gasteiger charge is -2.11. The monoisotopic (exact) mass is 284 g/mol. The molecule has 6 nitrogen and oxygen atoms in total. The van der Waals surface area contributed by atoms with Crippen LogP contribution in [-0.2, 0) is 0 Å². The second-order valence-corrected chi connectivity index (χ2v) is 4.22. The maximum Gasteiger partial charge on any atom is 0.335 e. The number of nitrogens with zero attached hydrogens (tertiary/aromatic N) is 2. The zero-order valence-electron chi connectivity index (χ0n) is 11.5. The van der Waals surface area contributed by atoms with Crippen LogP contribution in [0.3, 0.4) is 0 Å². The Balaban J connectivity index is 2.43. The first kappa shape index (κ1) is 14.3. The lowest BCUT2D eigenvalue weighted by atomic mass is 10.2. The van der Waals surface area contributed by atoms with Gasteiger partial charge in [-0.2, -0.15) is 5.26 Å². The summed E-state index contributed by atoms with van der Waals surface area (Å²) in [5.41, 5.74) is 1.10. The lowest BCUT2D eigenvalue weighted by Crippen LogP contribution is -1.99. The molecular weight excluding hydrogens is 272 g/mol. The van der Waals surface area contributed by atoms with E-state index in [9.17, 15) is 4.79 Å². The number of pyridine rings is 1. The number of aromatic carboxylic acids is 1. The Hall–Kier alpha value is -3.07. The predicted octanol–water partition coefficient (Wildman–Crippen LogP) is 2.76. The number of rotatable bonds is 4. The van der Waals surface area contributed by atoms with Crippen molar-refractivity contribution in [3.63, 3.8) is 0 Å². The molecule has 0 saturated carbocycles. The second kappa shape index (κ2) is 5.92. The second-order valence-electron chi connectivity index (χ2n) is 4.22. The highest BCUT2D eigenvalue weighted by atomic mass is 16.5. The van der Waals surface area contributed by atoms with Crippen molar-refractivity contribution >= 4 is 5.97 Å². The van der Waals surface area contributed by atoms with Crippen LogP contribution in [0.2, 0.25) is 0 Å².